The first-order chi connectivity index (χ1) is 11.7. The van der Waals surface area contributed by atoms with Gasteiger partial charge in [0.25, 0.3) is 0 Å². The number of hydrogen-bond acceptors (Lipinski definition) is 6. The van der Waals surface area contributed by atoms with Crippen molar-refractivity contribution in [3.05, 3.63) is 24.2 Å². The molecule has 0 aromatic carbocycles. The number of aromatic nitrogens is 3. The van der Waals surface area contributed by atoms with E-state index in [0.29, 0.717) is 0 Å². The van der Waals surface area contributed by atoms with Crippen LogP contribution in [0.5, 0.6) is 0 Å². The predicted octanol–water partition coefficient (Wildman–Crippen LogP) is 2.50. The number of fused-ring (bicyclic) bond motifs is 1. The van der Waals surface area contributed by atoms with Gasteiger partial charge in [0.2, 0.25) is 0 Å². The van der Waals surface area contributed by atoms with E-state index in [0.717, 1.165) is 68.1 Å². The lowest BCUT2D eigenvalue weighted by molar-refractivity contribution is -0.175. The summed E-state index contributed by atoms with van der Waals surface area (Å²) in [5, 5.41) is 1.02. The van der Waals surface area contributed by atoms with Crippen LogP contribution in [0.4, 0.5) is 5.82 Å². The van der Waals surface area contributed by atoms with Crippen molar-refractivity contribution in [1.82, 2.24) is 15.0 Å². The maximum atomic E-state index is 6.21. The van der Waals surface area contributed by atoms with Crippen molar-refractivity contribution in [2.75, 3.05) is 31.7 Å². The largest absolute Gasteiger partial charge is 0.378 e. The number of anilines is 1. The highest BCUT2D eigenvalue weighted by Crippen LogP contribution is 2.38. The number of hydrogen-bond donors (Lipinski definition) is 0. The number of methoxy groups -OCH3 is 1. The van der Waals surface area contributed by atoms with Gasteiger partial charge in [0.1, 0.15) is 11.6 Å². The van der Waals surface area contributed by atoms with Gasteiger partial charge < -0.3 is 14.4 Å². The first-order valence-corrected chi connectivity index (χ1v) is 8.73. The summed E-state index contributed by atoms with van der Waals surface area (Å²) in [5.41, 5.74) is 0.642. The molecule has 1 atom stereocenters. The summed E-state index contributed by atoms with van der Waals surface area (Å²) in [6.07, 6.45) is 6.11. The highest BCUT2D eigenvalue weighted by Gasteiger charge is 2.45. The molecule has 6 nitrogen and oxygen atoms in total. The minimum Gasteiger partial charge on any atom is -0.378 e. The Morgan fingerprint density at radius 1 is 1.29 bits per heavy atom. The minimum atomic E-state index is -0.125. The Bertz CT molecular complexity index is 728. The molecule has 0 amide bonds. The molecule has 2 aliphatic rings. The van der Waals surface area contributed by atoms with Gasteiger partial charge in [-0.1, -0.05) is 0 Å². The van der Waals surface area contributed by atoms with Gasteiger partial charge in [-0.25, -0.2) is 15.0 Å². The fraction of sp³-hybridized carbons (Fsp3) is 0.611. The second-order valence-electron chi connectivity index (χ2n) is 6.74. The number of ether oxygens (including phenoxy) is 2. The normalized spacial score (nSPS) is 23.8. The molecule has 4 rings (SSSR count). The topological polar surface area (TPSA) is 60.4 Å². The fourth-order valence-electron chi connectivity index (χ4n) is 4.09. The number of nitrogens with zero attached hydrogens (tertiary/aromatic N) is 4. The Morgan fingerprint density at radius 3 is 2.92 bits per heavy atom. The SMILES string of the molecule is COC1CCCOC12CCN(c1nc(C)nc3ncccc13)CC2. The summed E-state index contributed by atoms with van der Waals surface area (Å²) in [7, 11) is 1.81. The molecule has 2 fully saturated rings. The summed E-state index contributed by atoms with van der Waals surface area (Å²) in [4.78, 5) is 15.9. The van der Waals surface area contributed by atoms with Crippen molar-refractivity contribution in [1.29, 1.82) is 0 Å². The van der Waals surface area contributed by atoms with Crippen LogP contribution in [0.15, 0.2) is 18.3 Å². The van der Waals surface area contributed by atoms with E-state index in [-0.39, 0.29) is 11.7 Å². The molecule has 2 aliphatic heterocycles. The Hall–Kier alpha value is -1.79. The van der Waals surface area contributed by atoms with E-state index < -0.39 is 0 Å². The number of aryl methyl sites for hydroxylation is 1. The van der Waals surface area contributed by atoms with Crippen LogP contribution in [0.3, 0.4) is 0 Å². The third-order valence-corrected chi connectivity index (χ3v) is 5.34. The second-order valence-corrected chi connectivity index (χ2v) is 6.74. The zero-order valence-corrected chi connectivity index (χ0v) is 14.4. The van der Waals surface area contributed by atoms with Gasteiger partial charge in [-0.3, -0.25) is 0 Å². The van der Waals surface area contributed by atoms with Crippen molar-refractivity contribution in [2.45, 2.75) is 44.3 Å². The van der Waals surface area contributed by atoms with Crippen molar-refractivity contribution >= 4 is 16.9 Å². The van der Waals surface area contributed by atoms with Gasteiger partial charge in [0, 0.05) is 33.0 Å². The van der Waals surface area contributed by atoms with Crippen LogP contribution in [0.1, 0.15) is 31.5 Å². The molecule has 2 aromatic rings. The van der Waals surface area contributed by atoms with Crippen LogP contribution in [-0.2, 0) is 9.47 Å². The molecule has 2 saturated heterocycles. The highest BCUT2D eigenvalue weighted by molar-refractivity contribution is 5.86. The average molecular weight is 328 g/mol. The van der Waals surface area contributed by atoms with Gasteiger partial charge in [-0.05, 0) is 44.7 Å². The van der Waals surface area contributed by atoms with Crippen LogP contribution in [0, 0.1) is 6.92 Å². The minimum absolute atomic E-state index is 0.125. The zero-order chi connectivity index (χ0) is 16.6. The second kappa shape index (κ2) is 6.26. The lowest BCUT2D eigenvalue weighted by atomic mass is 9.82. The monoisotopic (exact) mass is 328 g/mol. The fourth-order valence-corrected chi connectivity index (χ4v) is 4.09. The van der Waals surface area contributed by atoms with Crippen LogP contribution in [-0.4, -0.2) is 53.5 Å². The first kappa shape index (κ1) is 15.7. The molecule has 1 unspecified atom stereocenters. The molecule has 0 radical (unpaired) electrons. The highest BCUT2D eigenvalue weighted by atomic mass is 16.5. The lowest BCUT2D eigenvalue weighted by Gasteiger charge is -2.48. The van der Waals surface area contributed by atoms with E-state index in [1.807, 2.05) is 13.0 Å². The van der Waals surface area contributed by atoms with Crippen molar-refractivity contribution < 1.29 is 9.47 Å². The van der Waals surface area contributed by atoms with Gasteiger partial charge in [0.15, 0.2) is 5.65 Å². The molecule has 0 saturated carbocycles. The molecule has 0 bridgehead atoms. The molecule has 2 aromatic heterocycles. The Morgan fingerprint density at radius 2 is 2.12 bits per heavy atom. The van der Waals surface area contributed by atoms with Crippen LogP contribution >= 0.6 is 0 Å². The summed E-state index contributed by atoms with van der Waals surface area (Å²) < 4.78 is 11.9. The van der Waals surface area contributed by atoms with E-state index in [2.05, 4.69) is 20.9 Å². The van der Waals surface area contributed by atoms with Gasteiger partial charge in [0.05, 0.1) is 17.1 Å². The van der Waals surface area contributed by atoms with E-state index in [1.165, 1.54) is 0 Å². The Kier molecular flexibility index (Phi) is 4.10. The molecular formula is C18H24N4O2. The smallest absolute Gasteiger partial charge is 0.164 e. The molecule has 128 valence electrons. The zero-order valence-electron chi connectivity index (χ0n) is 14.4. The molecule has 0 N–H and O–H groups in total. The standard InChI is InChI=1S/C18H24N4O2/c1-13-20-16-14(5-3-9-19-16)17(21-13)22-10-7-18(8-11-22)15(23-2)6-4-12-24-18/h3,5,9,15H,4,6-8,10-12H2,1-2H3. The van der Waals surface area contributed by atoms with Crippen molar-refractivity contribution in [3.8, 4) is 0 Å². The molecule has 6 heteroatoms. The lowest BCUT2D eigenvalue weighted by Crippen LogP contribution is -2.56. The summed E-state index contributed by atoms with van der Waals surface area (Å²) in [6.45, 7) is 4.61. The average Bonchev–Trinajstić information content (AvgIpc) is 2.62. The van der Waals surface area contributed by atoms with Crippen LogP contribution < -0.4 is 4.90 Å². The quantitative estimate of drug-likeness (QED) is 0.844. The molecule has 24 heavy (non-hydrogen) atoms. The molecule has 0 aliphatic carbocycles. The predicted molar refractivity (Wildman–Crippen MR) is 92.2 cm³/mol. The number of piperidine rings is 1. The van der Waals surface area contributed by atoms with Crippen LogP contribution in [0.2, 0.25) is 0 Å². The van der Waals surface area contributed by atoms with E-state index >= 15 is 0 Å². The van der Waals surface area contributed by atoms with Crippen molar-refractivity contribution in [2.24, 2.45) is 0 Å². The van der Waals surface area contributed by atoms with Gasteiger partial charge >= 0.3 is 0 Å². The summed E-state index contributed by atoms with van der Waals surface area (Å²) in [6, 6.07) is 4.00. The van der Waals surface area contributed by atoms with E-state index in [4.69, 9.17) is 14.5 Å². The third kappa shape index (κ3) is 2.63. The number of rotatable bonds is 2. The maximum Gasteiger partial charge on any atom is 0.164 e. The van der Waals surface area contributed by atoms with E-state index in [9.17, 15) is 0 Å². The van der Waals surface area contributed by atoms with Crippen LogP contribution in [0.25, 0.3) is 11.0 Å². The summed E-state index contributed by atoms with van der Waals surface area (Å²) in [5.74, 6) is 1.75. The third-order valence-electron chi connectivity index (χ3n) is 5.34. The molecule has 4 heterocycles. The van der Waals surface area contributed by atoms with Gasteiger partial charge in [-0.2, -0.15) is 0 Å². The maximum absolute atomic E-state index is 6.21. The summed E-state index contributed by atoms with van der Waals surface area (Å²) >= 11 is 0. The molecular weight excluding hydrogens is 304 g/mol. The van der Waals surface area contributed by atoms with Crippen molar-refractivity contribution in [3.63, 3.8) is 0 Å². The van der Waals surface area contributed by atoms with E-state index in [1.54, 1.807) is 13.3 Å². The molecule has 1 spiro atoms. The number of pyridine rings is 1. The Balaban J connectivity index is 1.60. The van der Waals surface area contributed by atoms with Gasteiger partial charge in [-0.15, -0.1) is 0 Å². The first-order valence-electron chi connectivity index (χ1n) is 8.73. The Labute approximate surface area is 142 Å².